The summed E-state index contributed by atoms with van der Waals surface area (Å²) in [5.41, 5.74) is 0. The molecule has 0 aliphatic carbocycles. The van der Waals surface area contributed by atoms with Crippen molar-refractivity contribution in [2.75, 3.05) is 11.2 Å². The Morgan fingerprint density at radius 2 is 2.29 bits per heavy atom. The number of nitrogens with one attached hydrogen (secondary N) is 1. The van der Waals surface area contributed by atoms with Crippen LogP contribution < -0.4 is 5.32 Å². The van der Waals surface area contributed by atoms with E-state index in [-0.39, 0.29) is 11.7 Å². The maximum atomic E-state index is 11.9. The summed E-state index contributed by atoms with van der Waals surface area (Å²) in [6.45, 7) is 0. The van der Waals surface area contributed by atoms with Crippen LogP contribution in [0, 0.1) is 0 Å². The van der Waals surface area contributed by atoms with Crippen molar-refractivity contribution in [3.8, 4) is 0 Å². The van der Waals surface area contributed by atoms with Gasteiger partial charge in [0.1, 0.15) is 5.88 Å². The van der Waals surface area contributed by atoms with Crippen LogP contribution in [0.2, 0.25) is 0 Å². The van der Waals surface area contributed by atoms with Crippen molar-refractivity contribution in [2.45, 2.75) is 6.18 Å². The maximum Gasteiger partial charge on any atom is 0.452 e. The zero-order valence-corrected chi connectivity index (χ0v) is 7.32. The molecule has 0 aromatic carbocycles. The second-order valence-corrected chi connectivity index (χ2v) is 2.52. The van der Waals surface area contributed by atoms with Crippen LogP contribution >= 0.6 is 11.6 Å². The Labute approximate surface area is 81.0 Å². The molecule has 78 valence electrons. The highest BCUT2D eigenvalue weighted by Crippen LogP contribution is 2.30. The molecule has 4 nitrogen and oxygen atoms in total. The number of carbonyl (C=O) groups excluding carboxylic acids is 1. The van der Waals surface area contributed by atoms with Crippen LogP contribution in [0.5, 0.6) is 0 Å². The molecule has 1 aromatic rings. The molecule has 14 heavy (non-hydrogen) atoms. The standard InChI is InChI=1S/C6H4ClF3N2O2/c7-2-5(13)11-4-1-3(14-12-4)6(8,9)10/h1H,2H2,(H,11,12,13). The highest BCUT2D eigenvalue weighted by molar-refractivity contribution is 6.28. The maximum absolute atomic E-state index is 11.9. The normalized spacial score (nSPS) is 11.4. The summed E-state index contributed by atoms with van der Waals surface area (Å²) >= 11 is 5.11. The van der Waals surface area contributed by atoms with Crippen LogP contribution in [-0.4, -0.2) is 16.9 Å². The van der Waals surface area contributed by atoms with E-state index in [0.29, 0.717) is 6.07 Å². The molecular formula is C6H4ClF3N2O2. The van der Waals surface area contributed by atoms with Gasteiger partial charge in [-0.25, -0.2) is 0 Å². The summed E-state index contributed by atoms with van der Waals surface area (Å²) in [5.74, 6) is -2.62. The molecule has 8 heteroatoms. The quantitative estimate of drug-likeness (QED) is 0.786. The van der Waals surface area contributed by atoms with Gasteiger partial charge in [-0.15, -0.1) is 11.6 Å². The predicted octanol–water partition coefficient (Wildman–Crippen LogP) is 1.87. The van der Waals surface area contributed by atoms with Crippen molar-refractivity contribution < 1.29 is 22.5 Å². The third-order valence-electron chi connectivity index (χ3n) is 1.18. The highest BCUT2D eigenvalue weighted by atomic mass is 35.5. The average Bonchev–Trinajstić information content (AvgIpc) is 2.51. The van der Waals surface area contributed by atoms with E-state index in [1.54, 1.807) is 0 Å². The second kappa shape index (κ2) is 3.87. The molecule has 0 saturated heterocycles. The largest absolute Gasteiger partial charge is 0.452 e. The molecule has 0 fully saturated rings. The van der Waals surface area contributed by atoms with Crippen LogP contribution in [0.15, 0.2) is 10.6 Å². The number of hydrogen-bond donors (Lipinski definition) is 1. The summed E-state index contributed by atoms with van der Waals surface area (Å²) < 4.78 is 39.8. The Hall–Kier alpha value is -1.24. The van der Waals surface area contributed by atoms with E-state index >= 15 is 0 Å². The summed E-state index contributed by atoms with van der Waals surface area (Å²) in [7, 11) is 0. The summed E-state index contributed by atoms with van der Waals surface area (Å²) in [4.78, 5) is 10.6. The molecule has 1 rings (SSSR count). The predicted molar refractivity (Wildman–Crippen MR) is 40.9 cm³/mol. The number of hydrogen-bond acceptors (Lipinski definition) is 3. The Kier molecular flexibility index (Phi) is 3.00. The lowest BCUT2D eigenvalue weighted by atomic mass is 10.4. The average molecular weight is 229 g/mol. The summed E-state index contributed by atoms with van der Waals surface area (Å²) in [6, 6.07) is 0.574. The van der Waals surface area contributed by atoms with Crippen LogP contribution in [0.3, 0.4) is 0 Å². The SMILES string of the molecule is O=C(CCl)Nc1cc(C(F)(F)F)on1. The lowest BCUT2D eigenvalue weighted by Gasteiger charge is -1.97. The topological polar surface area (TPSA) is 55.1 Å². The number of anilines is 1. The minimum Gasteiger partial charge on any atom is -0.349 e. The molecule has 1 heterocycles. The molecule has 1 aromatic heterocycles. The summed E-state index contributed by atoms with van der Waals surface area (Å²) in [6.07, 6.45) is -4.61. The molecule has 0 bridgehead atoms. The van der Waals surface area contributed by atoms with Gasteiger partial charge < -0.3 is 9.84 Å². The fourth-order valence-electron chi connectivity index (χ4n) is 0.644. The third kappa shape index (κ3) is 2.63. The fraction of sp³-hybridized carbons (Fsp3) is 0.333. The Bertz CT molecular complexity index is 336. The van der Waals surface area contributed by atoms with Crippen molar-refractivity contribution >= 4 is 23.3 Å². The van der Waals surface area contributed by atoms with E-state index < -0.39 is 17.8 Å². The smallest absolute Gasteiger partial charge is 0.349 e. The van der Waals surface area contributed by atoms with E-state index in [1.807, 2.05) is 5.32 Å². The number of amides is 1. The number of carbonyl (C=O) groups is 1. The second-order valence-electron chi connectivity index (χ2n) is 2.26. The minimum absolute atomic E-state index is 0.317. The van der Waals surface area contributed by atoms with Crippen LogP contribution in [0.4, 0.5) is 19.0 Å². The fourth-order valence-corrected chi connectivity index (χ4v) is 0.711. The van der Waals surface area contributed by atoms with Gasteiger partial charge in [0.15, 0.2) is 5.82 Å². The van der Waals surface area contributed by atoms with Gasteiger partial charge in [0.2, 0.25) is 11.7 Å². The van der Waals surface area contributed by atoms with Gasteiger partial charge in [-0.3, -0.25) is 4.79 Å². The lowest BCUT2D eigenvalue weighted by molar-refractivity contribution is -0.155. The number of rotatable bonds is 2. The zero-order chi connectivity index (χ0) is 10.8. The van der Waals surface area contributed by atoms with Crippen LogP contribution in [0.25, 0.3) is 0 Å². The van der Waals surface area contributed by atoms with Crippen LogP contribution in [-0.2, 0) is 11.0 Å². The Morgan fingerprint density at radius 3 is 2.71 bits per heavy atom. The van der Waals surface area contributed by atoms with Crippen molar-refractivity contribution in [3.63, 3.8) is 0 Å². The molecule has 0 atom stereocenters. The molecule has 0 aliphatic heterocycles. The van der Waals surface area contributed by atoms with Gasteiger partial charge in [-0.1, -0.05) is 5.16 Å². The zero-order valence-electron chi connectivity index (χ0n) is 6.56. The first kappa shape index (κ1) is 10.8. The highest BCUT2D eigenvalue weighted by Gasteiger charge is 2.36. The van der Waals surface area contributed by atoms with Crippen molar-refractivity contribution in [1.82, 2.24) is 5.16 Å². The Balaban J connectivity index is 2.74. The first-order valence-corrected chi connectivity index (χ1v) is 3.86. The summed E-state index contributed by atoms with van der Waals surface area (Å²) in [5, 5.41) is 4.99. The van der Waals surface area contributed by atoms with E-state index in [0.717, 1.165) is 0 Å². The molecule has 0 unspecified atom stereocenters. The third-order valence-corrected chi connectivity index (χ3v) is 1.42. The van der Waals surface area contributed by atoms with E-state index in [2.05, 4.69) is 9.68 Å². The minimum atomic E-state index is -4.61. The van der Waals surface area contributed by atoms with Crippen molar-refractivity contribution in [2.24, 2.45) is 0 Å². The van der Waals surface area contributed by atoms with Crippen molar-refractivity contribution in [1.29, 1.82) is 0 Å². The van der Waals surface area contributed by atoms with Gasteiger partial charge in [0, 0.05) is 6.07 Å². The molecule has 0 radical (unpaired) electrons. The van der Waals surface area contributed by atoms with Gasteiger partial charge in [-0.2, -0.15) is 13.2 Å². The first-order valence-electron chi connectivity index (χ1n) is 3.33. The first-order chi connectivity index (χ1) is 6.43. The molecular weight excluding hydrogens is 225 g/mol. The van der Waals surface area contributed by atoms with Crippen LogP contribution in [0.1, 0.15) is 5.76 Å². The van der Waals surface area contributed by atoms with E-state index in [9.17, 15) is 18.0 Å². The molecule has 1 amide bonds. The van der Waals surface area contributed by atoms with Gasteiger partial charge in [-0.05, 0) is 0 Å². The Morgan fingerprint density at radius 1 is 1.64 bits per heavy atom. The number of alkyl halides is 4. The van der Waals surface area contributed by atoms with Gasteiger partial charge in [0.05, 0.1) is 0 Å². The molecule has 1 N–H and O–H groups in total. The molecule has 0 spiro atoms. The lowest BCUT2D eigenvalue weighted by Crippen LogP contribution is -2.12. The number of aromatic nitrogens is 1. The monoisotopic (exact) mass is 228 g/mol. The number of nitrogens with zero attached hydrogens (tertiary/aromatic N) is 1. The molecule has 0 aliphatic rings. The van der Waals surface area contributed by atoms with Gasteiger partial charge in [0.25, 0.3) is 0 Å². The van der Waals surface area contributed by atoms with E-state index in [4.69, 9.17) is 11.6 Å². The molecule has 0 saturated carbocycles. The van der Waals surface area contributed by atoms with Crippen molar-refractivity contribution in [3.05, 3.63) is 11.8 Å². The number of halogens is 4. The van der Waals surface area contributed by atoms with E-state index in [1.165, 1.54) is 0 Å². The van der Waals surface area contributed by atoms with Gasteiger partial charge >= 0.3 is 6.18 Å².